The van der Waals surface area contributed by atoms with Crippen molar-refractivity contribution in [3.8, 4) is 17.2 Å². The van der Waals surface area contributed by atoms with Crippen LogP contribution < -0.4 is 19.5 Å². The monoisotopic (exact) mass is 446 g/mol. The first-order chi connectivity index (χ1) is 15.3. The lowest BCUT2D eigenvalue weighted by molar-refractivity contribution is -0.142. The molecule has 0 aliphatic rings. The summed E-state index contributed by atoms with van der Waals surface area (Å²) in [6.07, 6.45) is 0.750. The summed E-state index contributed by atoms with van der Waals surface area (Å²) in [5.41, 5.74) is 0.312. The molecule has 7 nitrogen and oxygen atoms in total. The van der Waals surface area contributed by atoms with Crippen molar-refractivity contribution < 1.29 is 28.2 Å². The number of nitrogens with one attached hydrogen (secondary N) is 1. The van der Waals surface area contributed by atoms with Gasteiger partial charge in [0.15, 0.2) is 6.61 Å². The van der Waals surface area contributed by atoms with Crippen LogP contribution in [0.1, 0.15) is 32.8 Å². The van der Waals surface area contributed by atoms with Crippen LogP contribution in [0.5, 0.6) is 17.2 Å². The van der Waals surface area contributed by atoms with E-state index in [-0.39, 0.29) is 25.1 Å². The highest BCUT2D eigenvalue weighted by molar-refractivity contribution is 5.88. The lowest BCUT2D eigenvalue weighted by atomic mass is 10.1. The van der Waals surface area contributed by atoms with Crippen molar-refractivity contribution in [1.29, 1.82) is 0 Å². The molecule has 0 fully saturated rings. The van der Waals surface area contributed by atoms with Gasteiger partial charge in [0.05, 0.1) is 14.2 Å². The molecular weight excluding hydrogens is 415 g/mol. The second-order valence-electron chi connectivity index (χ2n) is 7.44. The fourth-order valence-corrected chi connectivity index (χ4v) is 2.95. The average Bonchev–Trinajstić information content (AvgIpc) is 2.81. The van der Waals surface area contributed by atoms with Crippen LogP contribution in [0.15, 0.2) is 42.5 Å². The molecule has 0 aliphatic heterocycles. The Labute approximate surface area is 188 Å². The predicted octanol–water partition coefficient (Wildman–Crippen LogP) is 3.55. The Morgan fingerprint density at radius 2 is 1.62 bits per heavy atom. The highest BCUT2D eigenvalue weighted by Crippen LogP contribution is 2.27. The van der Waals surface area contributed by atoms with Gasteiger partial charge in [-0.15, -0.1) is 0 Å². The summed E-state index contributed by atoms with van der Waals surface area (Å²) >= 11 is 0. The number of nitrogens with zero attached hydrogens (tertiary/aromatic N) is 1. The molecule has 1 N–H and O–H groups in total. The summed E-state index contributed by atoms with van der Waals surface area (Å²) in [5, 5.41) is 2.87. The largest absolute Gasteiger partial charge is 0.496 e. The van der Waals surface area contributed by atoms with Crippen molar-refractivity contribution in [2.75, 3.05) is 20.8 Å². The minimum absolute atomic E-state index is 0.0455. The Morgan fingerprint density at radius 3 is 2.19 bits per heavy atom. The van der Waals surface area contributed by atoms with Gasteiger partial charge in [0.25, 0.3) is 5.91 Å². The molecular formula is C24H31FN2O5. The van der Waals surface area contributed by atoms with Crippen molar-refractivity contribution in [1.82, 2.24) is 10.2 Å². The van der Waals surface area contributed by atoms with E-state index in [1.54, 1.807) is 43.3 Å². The van der Waals surface area contributed by atoms with Gasteiger partial charge in [-0.3, -0.25) is 9.59 Å². The Kier molecular flexibility index (Phi) is 9.31. The van der Waals surface area contributed by atoms with Crippen molar-refractivity contribution in [3.05, 3.63) is 53.8 Å². The van der Waals surface area contributed by atoms with E-state index in [2.05, 4.69) is 5.32 Å². The zero-order valence-electron chi connectivity index (χ0n) is 19.2. The van der Waals surface area contributed by atoms with Gasteiger partial charge < -0.3 is 24.4 Å². The third-order valence-electron chi connectivity index (χ3n) is 5.15. The number of methoxy groups -OCH3 is 2. The molecule has 0 aliphatic carbocycles. The zero-order chi connectivity index (χ0) is 23.7. The molecule has 0 heterocycles. The second kappa shape index (κ2) is 11.9. The SMILES string of the molecule is CC[C@H](C)NC(=O)[C@H](C)N(Cc1ccccc1F)C(=O)COc1cc(OC)cc(OC)c1. The lowest BCUT2D eigenvalue weighted by Gasteiger charge is -2.29. The van der Waals surface area contributed by atoms with Gasteiger partial charge in [-0.2, -0.15) is 0 Å². The number of benzene rings is 2. The summed E-state index contributed by atoms with van der Waals surface area (Å²) in [6.45, 7) is 5.04. The minimum Gasteiger partial charge on any atom is -0.496 e. The van der Waals surface area contributed by atoms with E-state index >= 15 is 0 Å². The molecule has 0 saturated heterocycles. The Balaban J connectivity index is 2.21. The maximum Gasteiger partial charge on any atom is 0.261 e. The number of amides is 2. The van der Waals surface area contributed by atoms with Crippen LogP contribution in [0.25, 0.3) is 0 Å². The molecule has 0 saturated carbocycles. The molecule has 2 atom stereocenters. The Hall–Kier alpha value is -3.29. The highest BCUT2D eigenvalue weighted by atomic mass is 19.1. The topological polar surface area (TPSA) is 77.1 Å². The Morgan fingerprint density at radius 1 is 1.03 bits per heavy atom. The molecule has 0 bridgehead atoms. The molecule has 0 aromatic heterocycles. The van der Waals surface area contributed by atoms with Crippen molar-refractivity contribution in [2.45, 2.75) is 45.8 Å². The molecule has 2 rings (SSSR count). The van der Waals surface area contributed by atoms with Gasteiger partial charge in [0.2, 0.25) is 5.91 Å². The first-order valence-electron chi connectivity index (χ1n) is 10.5. The second-order valence-corrected chi connectivity index (χ2v) is 7.44. The van der Waals surface area contributed by atoms with E-state index < -0.39 is 17.8 Å². The lowest BCUT2D eigenvalue weighted by Crippen LogP contribution is -2.50. The first kappa shape index (κ1) is 25.0. The number of carbonyl (C=O) groups excluding carboxylic acids is 2. The quantitative estimate of drug-likeness (QED) is 0.571. The molecule has 174 valence electrons. The van der Waals surface area contributed by atoms with E-state index in [1.165, 1.54) is 25.2 Å². The van der Waals surface area contributed by atoms with E-state index in [0.717, 1.165) is 6.42 Å². The van der Waals surface area contributed by atoms with Crippen LogP contribution in [-0.2, 0) is 16.1 Å². The van der Waals surface area contributed by atoms with Crippen molar-refractivity contribution >= 4 is 11.8 Å². The standard InChI is InChI=1S/C24H31FN2O5/c1-6-16(2)26-24(29)17(3)27(14-18-9-7-8-10-22(18)25)23(28)15-32-21-12-19(30-4)11-20(13-21)31-5/h7-13,16-17H,6,14-15H2,1-5H3,(H,26,29)/t16-,17-/m0/s1. The van der Waals surface area contributed by atoms with Gasteiger partial charge in [-0.1, -0.05) is 25.1 Å². The number of hydrogen-bond donors (Lipinski definition) is 1. The predicted molar refractivity (Wildman–Crippen MR) is 119 cm³/mol. The fraction of sp³-hybridized carbons (Fsp3) is 0.417. The average molecular weight is 447 g/mol. The molecule has 0 spiro atoms. The van der Waals surface area contributed by atoms with Gasteiger partial charge in [0.1, 0.15) is 29.1 Å². The van der Waals surface area contributed by atoms with Crippen LogP contribution >= 0.6 is 0 Å². The third kappa shape index (κ3) is 6.87. The minimum atomic E-state index is -0.820. The zero-order valence-corrected chi connectivity index (χ0v) is 19.2. The number of halogens is 1. The summed E-state index contributed by atoms with van der Waals surface area (Å²) < 4.78 is 30.3. The van der Waals surface area contributed by atoms with Crippen LogP contribution in [0.2, 0.25) is 0 Å². The molecule has 0 radical (unpaired) electrons. The van der Waals surface area contributed by atoms with Crippen LogP contribution in [0, 0.1) is 5.82 Å². The van der Waals surface area contributed by atoms with E-state index in [4.69, 9.17) is 14.2 Å². The molecule has 2 aromatic carbocycles. The van der Waals surface area contributed by atoms with Crippen molar-refractivity contribution in [2.24, 2.45) is 0 Å². The van der Waals surface area contributed by atoms with Crippen LogP contribution in [0.4, 0.5) is 4.39 Å². The number of ether oxygens (including phenoxy) is 3. The van der Waals surface area contributed by atoms with E-state index in [1.807, 2.05) is 13.8 Å². The van der Waals surface area contributed by atoms with Crippen molar-refractivity contribution in [3.63, 3.8) is 0 Å². The molecule has 2 amide bonds. The summed E-state index contributed by atoms with van der Waals surface area (Å²) in [5.74, 6) is 0.178. The molecule has 0 unspecified atom stereocenters. The fourth-order valence-electron chi connectivity index (χ4n) is 2.95. The summed E-state index contributed by atoms with van der Waals surface area (Å²) in [6, 6.07) is 10.2. The third-order valence-corrected chi connectivity index (χ3v) is 5.15. The van der Waals surface area contributed by atoms with E-state index in [9.17, 15) is 14.0 Å². The molecule has 2 aromatic rings. The van der Waals surface area contributed by atoms with Gasteiger partial charge >= 0.3 is 0 Å². The van der Waals surface area contributed by atoms with Crippen LogP contribution in [-0.4, -0.2) is 49.6 Å². The van der Waals surface area contributed by atoms with Gasteiger partial charge in [-0.05, 0) is 26.3 Å². The van der Waals surface area contributed by atoms with E-state index in [0.29, 0.717) is 22.8 Å². The molecule has 32 heavy (non-hydrogen) atoms. The number of carbonyl (C=O) groups is 2. The summed E-state index contributed by atoms with van der Waals surface area (Å²) in [4.78, 5) is 27.1. The smallest absolute Gasteiger partial charge is 0.261 e. The number of rotatable bonds is 11. The maximum absolute atomic E-state index is 14.3. The maximum atomic E-state index is 14.3. The highest BCUT2D eigenvalue weighted by Gasteiger charge is 2.28. The van der Waals surface area contributed by atoms with Gasteiger partial charge in [0, 0.05) is 36.3 Å². The van der Waals surface area contributed by atoms with Gasteiger partial charge in [-0.25, -0.2) is 4.39 Å². The number of hydrogen-bond acceptors (Lipinski definition) is 5. The Bertz CT molecular complexity index is 899. The normalized spacial score (nSPS) is 12.4. The van der Waals surface area contributed by atoms with Crippen LogP contribution in [0.3, 0.4) is 0 Å². The molecule has 8 heteroatoms. The first-order valence-corrected chi connectivity index (χ1v) is 10.5. The summed E-state index contributed by atoms with van der Waals surface area (Å²) in [7, 11) is 3.02.